The van der Waals surface area contributed by atoms with Crippen LogP contribution in [-0.2, 0) is 9.47 Å². The molecule has 0 bridgehead atoms. The van der Waals surface area contributed by atoms with Gasteiger partial charge in [-0.1, -0.05) is 35.4 Å². The lowest BCUT2D eigenvalue weighted by atomic mass is 10.3. The van der Waals surface area contributed by atoms with Crippen LogP contribution in [0.15, 0.2) is 23.7 Å². The van der Waals surface area contributed by atoms with Crippen molar-refractivity contribution in [2.75, 3.05) is 0 Å². The van der Waals surface area contributed by atoms with Crippen LogP contribution < -0.4 is 0 Å². The highest BCUT2D eigenvalue weighted by atomic mass is 33.1. The van der Waals surface area contributed by atoms with E-state index < -0.39 is 0 Å². The van der Waals surface area contributed by atoms with Gasteiger partial charge in [0.25, 0.3) is 0 Å². The van der Waals surface area contributed by atoms with Crippen molar-refractivity contribution in [2.24, 2.45) is 0 Å². The summed E-state index contributed by atoms with van der Waals surface area (Å²) in [6, 6.07) is 0. The fraction of sp³-hybridized carbons (Fsp3) is 0.714. The molecule has 2 rings (SSSR count). The quantitative estimate of drug-likeness (QED) is 0.691. The molecule has 4 atom stereocenters. The molecule has 2 aliphatic heterocycles. The molecule has 2 heterocycles. The first-order chi connectivity index (χ1) is 8.63. The summed E-state index contributed by atoms with van der Waals surface area (Å²) in [6.07, 6.45) is 7.12. The summed E-state index contributed by atoms with van der Waals surface area (Å²) >= 11 is 0. The van der Waals surface area contributed by atoms with Crippen molar-refractivity contribution in [2.45, 2.75) is 63.2 Å². The van der Waals surface area contributed by atoms with Gasteiger partial charge in [-0.25, -0.2) is 0 Å². The molecule has 4 unspecified atom stereocenters. The second-order valence-corrected chi connectivity index (χ2v) is 7.37. The predicted octanol–water partition coefficient (Wildman–Crippen LogP) is 4.53. The summed E-state index contributed by atoms with van der Waals surface area (Å²) < 4.78 is 11.6. The maximum atomic E-state index is 5.79. The van der Waals surface area contributed by atoms with E-state index in [0.29, 0.717) is 22.7 Å². The number of ether oxygens (including phenoxy) is 2. The van der Waals surface area contributed by atoms with Gasteiger partial charge in [-0.3, -0.25) is 0 Å². The zero-order valence-electron chi connectivity index (χ0n) is 11.5. The largest absolute Gasteiger partial charge is 0.494 e. The molecule has 0 aromatic rings. The number of hydrogen-bond acceptors (Lipinski definition) is 4. The van der Waals surface area contributed by atoms with E-state index in [1.165, 1.54) is 0 Å². The Hall–Kier alpha value is -0.220. The molecule has 2 aliphatic rings. The molecule has 102 valence electrons. The highest BCUT2D eigenvalue weighted by Gasteiger charge is 2.30. The lowest BCUT2D eigenvalue weighted by Crippen LogP contribution is -2.16. The van der Waals surface area contributed by atoms with Gasteiger partial charge in [0.2, 0.25) is 0 Å². The zero-order valence-corrected chi connectivity index (χ0v) is 13.1. The fourth-order valence-electron chi connectivity index (χ4n) is 2.07. The molecule has 0 N–H and O–H groups in total. The van der Waals surface area contributed by atoms with Crippen molar-refractivity contribution in [3.8, 4) is 0 Å². The van der Waals surface area contributed by atoms with Gasteiger partial charge in [-0.2, -0.15) is 0 Å². The molecule has 4 heteroatoms. The molecule has 0 spiro atoms. The zero-order chi connectivity index (χ0) is 13.1. The first kappa shape index (κ1) is 14.2. The minimum atomic E-state index is 0.296. The van der Waals surface area contributed by atoms with Gasteiger partial charge in [0.15, 0.2) is 0 Å². The first-order valence-electron chi connectivity index (χ1n) is 6.70. The van der Waals surface area contributed by atoms with E-state index in [1.54, 1.807) is 0 Å². The van der Waals surface area contributed by atoms with Crippen LogP contribution >= 0.6 is 21.6 Å². The Balaban J connectivity index is 1.85. The third kappa shape index (κ3) is 3.21. The molecular weight excluding hydrogens is 264 g/mol. The Bertz CT molecular complexity index is 318. The van der Waals surface area contributed by atoms with Gasteiger partial charge < -0.3 is 9.47 Å². The maximum Gasteiger partial charge on any atom is 0.112 e. The van der Waals surface area contributed by atoms with E-state index in [-0.39, 0.29) is 0 Å². The molecule has 0 fully saturated rings. The van der Waals surface area contributed by atoms with Gasteiger partial charge in [-0.15, -0.1) is 0 Å². The summed E-state index contributed by atoms with van der Waals surface area (Å²) in [6.45, 7) is 8.59. The van der Waals surface area contributed by atoms with E-state index in [1.807, 2.05) is 21.6 Å². The second kappa shape index (κ2) is 6.29. The number of allylic oxidation sites excluding steroid dienone is 2. The van der Waals surface area contributed by atoms with Crippen LogP contribution in [0.1, 0.15) is 40.5 Å². The summed E-state index contributed by atoms with van der Waals surface area (Å²) in [5.74, 6) is 2.28. The van der Waals surface area contributed by atoms with Crippen LogP contribution in [0.2, 0.25) is 0 Å². The van der Waals surface area contributed by atoms with Crippen molar-refractivity contribution in [1.29, 1.82) is 0 Å². The number of rotatable bonds is 5. The van der Waals surface area contributed by atoms with Crippen molar-refractivity contribution in [3.05, 3.63) is 23.7 Å². The number of hydrogen-bond donors (Lipinski definition) is 0. The van der Waals surface area contributed by atoms with Crippen molar-refractivity contribution in [1.82, 2.24) is 0 Å². The molecule has 18 heavy (non-hydrogen) atoms. The normalized spacial score (nSPS) is 34.9. The fourth-order valence-corrected chi connectivity index (χ4v) is 5.21. The van der Waals surface area contributed by atoms with Crippen LogP contribution in [0.25, 0.3) is 0 Å². The van der Waals surface area contributed by atoms with E-state index in [2.05, 4.69) is 39.8 Å². The lowest BCUT2D eigenvalue weighted by molar-refractivity contribution is 0.157. The Labute approximate surface area is 118 Å². The molecule has 2 nitrogen and oxygen atoms in total. The Kier molecular flexibility index (Phi) is 4.96. The van der Waals surface area contributed by atoms with E-state index in [4.69, 9.17) is 9.47 Å². The third-order valence-electron chi connectivity index (χ3n) is 3.27. The molecule has 0 aliphatic carbocycles. The molecule has 0 saturated carbocycles. The Morgan fingerprint density at radius 2 is 1.28 bits per heavy atom. The summed E-state index contributed by atoms with van der Waals surface area (Å²) in [7, 11) is 3.83. The van der Waals surface area contributed by atoms with Gasteiger partial charge in [0.1, 0.15) is 12.2 Å². The van der Waals surface area contributed by atoms with E-state index >= 15 is 0 Å². The molecule has 0 aromatic carbocycles. The molecule has 0 amide bonds. The van der Waals surface area contributed by atoms with Crippen LogP contribution in [0.4, 0.5) is 0 Å². The van der Waals surface area contributed by atoms with Gasteiger partial charge in [0.05, 0.1) is 22.0 Å². The van der Waals surface area contributed by atoms with Crippen LogP contribution in [0.3, 0.4) is 0 Å². The first-order valence-corrected chi connectivity index (χ1v) is 8.98. The summed E-state index contributed by atoms with van der Waals surface area (Å²) in [4.78, 5) is 0. The van der Waals surface area contributed by atoms with E-state index in [9.17, 15) is 0 Å². The Morgan fingerprint density at radius 3 is 1.56 bits per heavy atom. The summed E-state index contributed by atoms with van der Waals surface area (Å²) in [5, 5.41) is 0.937. The minimum Gasteiger partial charge on any atom is -0.494 e. The van der Waals surface area contributed by atoms with Crippen molar-refractivity contribution < 1.29 is 9.47 Å². The van der Waals surface area contributed by atoms with Gasteiger partial charge in [0, 0.05) is 12.8 Å². The van der Waals surface area contributed by atoms with Gasteiger partial charge >= 0.3 is 0 Å². The average Bonchev–Trinajstić information content (AvgIpc) is 2.90. The van der Waals surface area contributed by atoms with E-state index in [0.717, 1.165) is 24.4 Å². The average molecular weight is 286 g/mol. The molecule has 0 radical (unpaired) electrons. The SMILES string of the molecule is CCC1=CC(SSC2C=C(CC)OC2C)C(C)O1. The van der Waals surface area contributed by atoms with Crippen LogP contribution in [-0.4, -0.2) is 22.7 Å². The second-order valence-electron chi connectivity index (χ2n) is 4.74. The predicted molar refractivity (Wildman–Crippen MR) is 80.6 cm³/mol. The smallest absolute Gasteiger partial charge is 0.112 e. The Morgan fingerprint density at radius 1 is 0.889 bits per heavy atom. The van der Waals surface area contributed by atoms with Crippen LogP contribution in [0, 0.1) is 0 Å². The van der Waals surface area contributed by atoms with Gasteiger partial charge in [-0.05, 0) is 26.0 Å². The highest BCUT2D eigenvalue weighted by Crippen LogP contribution is 2.42. The van der Waals surface area contributed by atoms with Crippen LogP contribution in [0.5, 0.6) is 0 Å². The third-order valence-corrected chi connectivity index (χ3v) is 6.54. The minimum absolute atomic E-state index is 0.296. The maximum absolute atomic E-state index is 5.79. The highest BCUT2D eigenvalue weighted by molar-refractivity contribution is 8.77. The standard InChI is InChI=1S/C14H22O2S2/c1-5-11-7-13(9(3)15-11)17-18-14-8-12(6-2)16-10(14)4/h7-10,13-14H,5-6H2,1-4H3. The summed E-state index contributed by atoms with van der Waals surface area (Å²) in [5.41, 5.74) is 0. The molecule has 0 saturated heterocycles. The van der Waals surface area contributed by atoms with Crippen molar-refractivity contribution >= 4 is 21.6 Å². The monoisotopic (exact) mass is 286 g/mol. The molecular formula is C14H22O2S2. The lowest BCUT2D eigenvalue weighted by Gasteiger charge is -2.17. The topological polar surface area (TPSA) is 18.5 Å². The molecule has 0 aromatic heterocycles. The van der Waals surface area contributed by atoms with Crippen molar-refractivity contribution in [3.63, 3.8) is 0 Å².